The van der Waals surface area contributed by atoms with Gasteiger partial charge < -0.3 is 10.5 Å². The van der Waals surface area contributed by atoms with E-state index in [4.69, 9.17) is 10.5 Å². The third-order valence-corrected chi connectivity index (χ3v) is 2.86. The molecule has 4 nitrogen and oxygen atoms in total. The molecule has 0 atom stereocenters. The van der Waals surface area contributed by atoms with Gasteiger partial charge in [-0.05, 0) is 30.2 Å². The van der Waals surface area contributed by atoms with Crippen LogP contribution in [0.3, 0.4) is 0 Å². The van der Waals surface area contributed by atoms with Crippen molar-refractivity contribution in [2.45, 2.75) is 13.3 Å². The van der Waals surface area contributed by atoms with Crippen molar-refractivity contribution in [3.8, 4) is 17.0 Å². The molecule has 0 aliphatic carbocycles. The van der Waals surface area contributed by atoms with Crippen LogP contribution in [-0.2, 0) is 13.5 Å². The van der Waals surface area contributed by atoms with E-state index >= 15 is 0 Å². The van der Waals surface area contributed by atoms with Crippen molar-refractivity contribution in [1.29, 1.82) is 0 Å². The zero-order valence-corrected chi connectivity index (χ0v) is 10.4. The summed E-state index contributed by atoms with van der Waals surface area (Å²) in [7, 11) is 3.58. The highest BCUT2D eigenvalue weighted by Gasteiger charge is 2.08. The second kappa shape index (κ2) is 4.49. The first kappa shape index (κ1) is 11.5. The molecule has 1 heterocycles. The van der Waals surface area contributed by atoms with Gasteiger partial charge in [0.1, 0.15) is 11.6 Å². The van der Waals surface area contributed by atoms with E-state index in [9.17, 15) is 0 Å². The molecule has 2 N–H and O–H groups in total. The third kappa shape index (κ3) is 2.11. The molecule has 0 saturated carbocycles. The Kier molecular flexibility index (Phi) is 3.04. The molecule has 0 aliphatic rings. The standard InChI is InChI=1S/C13H17N3O/c1-4-9-7-10(5-6-12(9)17-3)11-8-13(14)15-16(11)2/h5-8H,4H2,1-3H3,(H2,14,15). The van der Waals surface area contributed by atoms with Crippen LogP contribution in [0.25, 0.3) is 11.3 Å². The maximum absolute atomic E-state index is 5.69. The number of hydrogen-bond acceptors (Lipinski definition) is 3. The fourth-order valence-corrected chi connectivity index (χ4v) is 1.97. The second-order valence-corrected chi connectivity index (χ2v) is 3.96. The maximum Gasteiger partial charge on any atom is 0.146 e. The summed E-state index contributed by atoms with van der Waals surface area (Å²) >= 11 is 0. The minimum absolute atomic E-state index is 0.538. The number of methoxy groups -OCH3 is 1. The van der Waals surface area contributed by atoms with Gasteiger partial charge >= 0.3 is 0 Å². The van der Waals surface area contributed by atoms with Gasteiger partial charge in [0.2, 0.25) is 0 Å². The van der Waals surface area contributed by atoms with Crippen LogP contribution in [-0.4, -0.2) is 16.9 Å². The molecule has 0 bridgehead atoms. The molecular formula is C13H17N3O. The SMILES string of the molecule is CCc1cc(-c2cc(N)nn2C)ccc1OC. The number of aryl methyl sites for hydroxylation is 2. The van der Waals surface area contributed by atoms with Gasteiger partial charge in [-0.15, -0.1) is 0 Å². The minimum atomic E-state index is 0.538. The molecule has 0 aliphatic heterocycles. The number of rotatable bonds is 3. The van der Waals surface area contributed by atoms with Gasteiger partial charge in [0, 0.05) is 18.7 Å². The molecule has 90 valence electrons. The number of nitrogens with two attached hydrogens (primary N) is 1. The van der Waals surface area contributed by atoms with E-state index in [1.54, 1.807) is 11.8 Å². The monoisotopic (exact) mass is 231 g/mol. The fourth-order valence-electron chi connectivity index (χ4n) is 1.97. The number of aromatic nitrogens is 2. The molecule has 2 rings (SSSR count). The summed E-state index contributed by atoms with van der Waals surface area (Å²) in [6.07, 6.45) is 0.935. The molecule has 0 unspecified atom stereocenters. The summed E-state index contributed by atoms with van der Waals surface area (Å²) in [6.45, 7) is 2.11. The first-order chi connectivity index (χ1) is 8.15. The van der Waals surface area contributed by atoms with Crippen LogP contribution in [0.15, 0.2) is 24.3 Å². The Morgan fingerprint density at radius 2 is 2.12 bits per heavy atom. The van der Waals surface area contributed by atoms with Gasteiger partial charge in [-0.25, -0.2) is 0 Å². The summed E-state index contributed by atoms with van der Waals surface area (Å²) < 4.78 is 7.10. The van der Waals surface area contributed by atoms with Gasteiger partial charge in [0.25, 0.3) is 0 Å². The summed E-state index contributed by atoms with van der Waals surface area (Å²) in [5.41, 5.74) is 8.99. The number of hydrogen-bond donors (Lipinski definition) is 1. The predicted molar refractivity (Wildman–Crippen MR) is 69.0 cm³/mol. The highest BCUT2D eigenvalue weighted by molar-refractivity contribution is 5.65. The molecule has 17 heavy (non-hydrogen) atoms. The molecule has 0 amide bonds. The average molecular weight is 231 g/mol. The maximum atomic E-state index is 5.69. The van der Waals surface area contributed by atoms with Gasteiger partial charge in [0.15, 0.2) is 0 Å². The average Bonchev–Trinajstić information content (AvgIpc) is 2.67. The molecule has 1 aromatic heterocycles. The predicted octanol–water partition coefficient (Wildman–Crippen LogP) is 2.24. The lowest BCUT2D eigenvalue weighted by Crippen LogP contribution is -1.96. The van der Waals surface area contributed by atoms with Crippen LogP contribution in [0.5, 0.6) is 5.75 Å². The van der Waals surface area contributed by atoms with Gasteiger partial charge in [-0.2, -0.15) is 5.10 Å². The quantitative estimate of drug-likeness (QED) is 0.881. The molecule has 0 fully saturated rings. The van der Waals surface area contributed by atoms with E-state index in [1.807, 2.05) is 25.2 Å². The Balaban J connectivity index is 2.50. The summed E-state index contributed by atoms with van der Waals surface area (Å²) in [5, 5.41) is 4.15. The van der Waals surface area contributed by atoms with Crippen LogP contribution >= 0.6 is 0 Å². The van der Waals surface area contributed by atoms with E-state index < -0.39 is 0 Å². The van der Waals surface area contributed by atoms with E-state index in [-0.39, 0.29) is 0 Å². The smallest absolute Gasteiger partial charge is 0.146 e. The Hall–Kier alpha value is -1.97. The van der Waals surface area contributed by atoms with Crippen LogP contribution < -0.4 is 10.5 Å². The van der Waals surface area contributed by atoms with E-state index in [0.717, 1.165) is 23.4 Å². The van der Waals surface area contributed by atoms with Crippen molar-refractivity contribution < 1.29 is 4.74 Å². The topological polar surface area (TPSA) is 53.1 Å². The minimum Gasteiger partial charge on any atom is -0.496 e. The molecule has 0 spiro atoms. The zero-order valence-electron chi connectivity index (χ0n) is 10.4. The highest BCUT2D eigenvalue weighted by atomic mass is 16.5. The molecule has 1 aromatic carbocycles. The number of benzene rings is 1. The Labute approximate surface area is 101 Å². The second-order valence-electron chi connectivity index (χ2n) is 3.96. The lowest BCUT2D eigenvalue weighted by molar-refractivity contribution is 0.410. The summed E-state index contributed by atoms with van der Waals surface area (Å²) in [5.74, 6) is 1.46. The van der Waals surface area contributed by atoms with Crippen molar-refractivity contribution in [2.75, 3.05) is 12.8 Å². The lowest BCUT2D eigenvalue weighted by atomic mass is 10.1. The highest BCUT2D eigenvalue weighted by Crippen LogP contribution is 2.27. The zero-order chi connectivity index (χ0) is 12.4. The first-order valence-corrected chi connectivity index (χ1v) is 5.62. The van der Waals surface area contributed by atoms with Crippen molar-refractivity contribution in [2.24, 2.45) is 7.05 Å². The molecule has 2 aromatic rings. The number of ether oxygens (including phenoxy) is 1. The van der Waals surface area contributed by atoms with Crippen molar-refractivity contribution in [3.63, 3.8) is 0 Å². The van der Waals surface area contributed by atoms with Crippen molar-refractivity contribution in [1.82, 2.24) is 9.78 Å². The van der Waals surface area contributed by atoms with Gasteiger partial charge in [-0.3, -0.25) is 4.68 Å². The molecule has 0 saturated heterocycles. The van der Waals surface area contributed by atoms with Crippen molar-refractivity contribution >= 4 is 5.82 Å². The molecular weight excluding hydrogens is 214 g/mol. The Morgan fingerprint density at radius 3 is 2.65 bits per heavy atom. The Bertz CT molecular complexity index is 531. The van der Waals surface area contributed by atoms with E-state index in [0.29, 0.717) is 5.82 Å². The van der Waals surface area contributed by atoms with Gasteiger partial charge in [0.05, 0.1) is 12.8 Å². The van der Waals surface area contributed by atoms with Crippen LogP contribution in [0.1, 0.15) is 12.5 Å². The van der Waals surface area contributed by atoms with Crippen LogP contribution in [0.2, 0.25) is 0 Å². The van der Waals surface area contributed by atoms with Crippen molar-refractivity contribution in [3.05, 3.63) is 29.8 Å². The molecule has 4 heteroatoms. The summed E-state index contributed by atoms with van der Waals surface area (Å²) in [4.78, 5) is 0. The fraction of sp³-hybridized carbons (Fsp3) is 0.308. The van der Waals surface area contributed by atoms with Crippen LogP contribution in [0.4, 0.5) is 5.82 Å². The van der Waals surface area contributed by atoms with Crippen LogP contribution in [0, 0.1) is 0 Å². The first-order valence-electron chi connectivity index (χ1n) is 5.62. The summed E-state index contributed by atoms with van der Waals surface area (Å²) in [6, 6.07) is 8.00. The Morgan fingerprint density at radius 1 is 1.35 bits per heavy atom. The number of nitrogens with zero attached hydrogens (tertiary/aromatic N) is 2. The molecule has 0 radical (unpaired) electrons. The normalized spacial score (nSPS) is 10.5. The van der Waals surface area contributed by atoms with E-state index in [1.165, 1.54) is 5.56 Å². The third-order valence-electron chi connectivity index (χ3n) is 2.86. The number of anilines is 1. The largest absolute Gasteiger partial charge is 0.496 e. The lowest BCUT2D eigenvalue weighted by Gasteiger charge is -2.09. The van der Waals surface area contributed by atoms with Gasteiger partial charge in [-0.1, -0.05) is 6.92 Å². The van der Waals surface area contributed by atoms with E-state index in [2.05, 4.69) is 18.1 Å². The number of nitrogen functional groups attached to an aromatic ring is 1.